The molecule has 0 spiro atoms. The molecule has 1 atom stereocenters. The topological polar surface area (TPSA) is 76.6 Å². The molecule has 1 saturated heterocycles. The highest BCUT2D eigenvalue weighted by molar-refractivity contribution is 6.29. The van der Waals surface area contributed by atoms with Crippen LogP contribution in [-0.4, -0.2) is 55.4 Å². The number of hydrogen-bond acceptors (Lipinski definition) is 7. The molecule has 0 bridgehead atoms. The molecular formula is C12H17ClN4O3. The number of esters is 1. The van der Waals surface area contributed by atoms with Gasteiger partial charge in [-0.1, -0.05) is 11.6 Å². The largest absolute Gasteiger partial charge is 0.464 e. The van der Waals surface area contributed by atoms with E-state index < -0.39 is 6.10 Å². The Balaban J connectivity index is 2.12. The monoisotopic (exact) mass is 300 g/mol. The lowest BCUT2D eigenvalue weighted by molar-refractivity contribution is -0.157. The van der Waals surface area contributed by atoms with E-state index in [2.05, 4.69) is 15.3 Å². The predicted molar refractivity (Wildman–Crippen MR) is 75.2 cm³/mol. The number of hydrogen-bond donors (Lipinski definition) is 1. The van der Waals surface area contributed by atoms with E-state index in [0.717, 1.165) is 0 Å². The van der Waals surface area contributed by atoms with Gasteiger partial charge < -0.3 is 19.7 Å². The SMILES string of the molecule is CCOC(=O)C1CN(c2cc(Cl)nc(NC)n2)CCO1. The van der Waals surface area contributed by atoms with Crippen molar-refractivity contribution in [3.05, 3.63) is 11.2 Å². The van der Waals surface area contributed by atoms with Crippen molar-refractivity contribution in [3.8, 4) is 0 Å². The molecule has 7 nitrogen and oxygen atoms in total. The maximum Gasteiger partial charge on any atom is 0.337 e. The van der Waals surface area contributed by atoms with Crippen molar-refractivity contribution < 1.29 is 14.3 Å². The van der Waals surface area contributed by atoms with Gasteiger partial charge in [-0.2, -0.15) is 4.98 Å². The van der Waals surface area contributed by atoms with Crippen LogP contribution in [0.1, 0.15) is 6.92 Å². The molecule has 110 valence electrons. The molecule has 0 saturated carbocycles. The van der Waals surface area contributed by atoms with Crippen LogP contribution in [0.3, 0.4) is 0 Å². The number of ether oxygens (including phenoxy) is 2. The lowest BCUT2D eigenvalue weighted by atomic mass is 10.2. The summed E-state index contributed by atoms with van der Waals surface area (Å²) in [6, 6.07) is 1.66. The van der Waals surface area contributed by atoms with Gasteiger partial charge in [-0.3, -0.25) is 0 Å². The quantitative estimate of drug-likeness (QED) is 0.655. The van der Waals surface area contributed by atoms with Gasteiger partial charge in [-0.25, -0.2) is 9.78 Å². The maximum absolute atomic E-state index is 11.7. The lowest BCUT2D eigenvalue weighted by Crippen LogP contribution is -2.47. The lowest BCUT2D eigenvalue weighted by Gasteiger charge is -2.32. The average molecular weight is 301 g/mol. The van der Waals surface area contributed by atoms with Gasteiger partial charge in [0.15, 0.2) is 6.10 Å². The van der Waals surface area contributed by atoms with Crippen LogP contribution >= 0.6 is 11.6 Å². The van der Waals surface area contributed by atoms with Gasteiger partial charge in [-0.05, 0) is 6.92 Å². The molecular weight excluding hydrogens is 284 g/mol. The minimum atomic E-state index is -0.601. The number of halogens is 1. The molecule has 1 aliphatic rings. The summed E-state index contributed by atoms with van der Waals surface area (Å²) < 4.78 is 10.4. The van der Waals surface area contributed by atoms with Crippen molar-refractivity contribution in [3.63, 3.8) is 0 Å². The summed E-state index contributed by atoms with van der Waals surface area (Å²) in [6.45, 7) is 3.55. The second kappa shape index (κ2) is 6.71. The average Bonchev–Trinajstić information content (AvgIpc) is 2.47. The Morgan fingerprint density at radius 2 is 2.45 bits per heavy atom. The van der Waals surface area contributed by atoms with E-state index in [4.69, 9.17) is 21.1 Å². The molecule has 1 N–H and O–H groups in total. The van der Waals surface area contributed by atoms with Gasteiger partial charge in [-0.15, -0.1) is 0 Å². The highest BCUT2D eigenvalue weighted by atomic mass is 35.5. The molecule has 1 fully saturated rings. The number of carbonyl (C=O) groups excluding carboxylic acids is 1. The molecule has 2 heterocycles. The fourth-order valence-electron chi connectivity index (χ4n) is 1.91. The molecule has 1 aromatic rings. The zero-order chi connectivity index (χ0) is 14.5. The van der Waals surface area contributed by atoms with E-state index in [1.807, 2.05) is 4.90 Å². The smallest absolute Gasteiger partial charge is 0.337 e. The molecule has 20 heavy (non-hydrogen) atoms. The van der Waals surface area contributed by atoms with Gasteiger partial charge in [0, 0.05) is 19.7 Å². The van der Waals surface area contributed by atoms with Crippen LogP contribution in [0.2, 0.25) is 5.15 Å². The van der Waals surface area contributed by atoms with E-state index in [-0.39, 0.29) is 5.97 Å². The number of aromatic nitrogens is 2. The maximum atomic E-state index is 11.7. The molecule has 1 aromatic heterocycles. The molecule has 1 unspecified atom stereocenters. The summed E-state index contributed by atoms with van der Waals surface area (Å²) in [4.78, 5) is 22.0. The first kappa shape index (κ1) is 14.8. The fraction of sp³-hybridized carbons (Fsp3) is 0.583. The Labute approximate surface area is 122 Å². The van der Waals surface area contributed by atoms with Crippen LogP contribution in [0.4, 0.5) is 11.8 Å². The number of rotatable bonds is 4. The third-order valence-corrected chi connectivity index (χ3v) is 3.04. The van der Waals surface area contributed by atoms with Crippen molar-refractivity contribution in [2.24, 2.45) is 0 Å². The molecule has 0 amide bonds. The number of nitrogens with zero attached hydrogens (tertiary/aromatic N) is 3. The van der Waals surface area contributed by atoms with Crippen molar-refractivity contribution >= 4 is 29.3 Å². The first-order chi connectivity index (χ1) is 9.63. The number of anilines is 2. The second-order valence-corrected chi connectivity index (χ2v) is 4.57. The summed E-state index contributed by atoms with van der Waals surface area (Å²) in [5, 5.41) is 3.19. The van der Waals surface area contributed by atoms with E-state index in [9.17, 15) is 4.79 Å². The van der Waals surface area contributed by atoms with Crippen LogP contribution < -0.4 is 10.2 Å². The summed E-state index contributed by atoms with van der Waals surface area (Å²) in [6.07, 6.45) is -0.601. The Kier molecular flexibility index (Phi) is 4.97. The Hall–Kier alpha value is -1.60. The highest BCUT2D eigenvalue weighted by Gasteiger charge is 2.28. The van der Waals surface area contributed by atoms with Crippen LogP contribution in [-0.2, 0) is 14.3 Å². The van der Waals surface area contributed by atoms with Crippen LogP contribution in [0.25, 0.3) is 0 Å². The summed E-state index contributed by atoms with van der Waals surface area (Å²) >= 11 is 5.96. The summed E-state index contributed by atoms with van der Waals surface area (Å²) in [5.74, 6) is 0.741. The van der Waals surface area contributed by atoms with Gasteiger partial charge in [0.05, 0.1) is 19.8 Å². The molecule has 0 aliphatic carbocycles. The minimum Gasteiger partial charge on any atom is -0.464 e. The minimum absolute atomic E-state index is 0.335. The van der Waals surface area contributed by atoms with Crippen molar-refractivity contribution in [1.82, 2.24) is 9.97 Å². The van der Waals surface area contributed by atoms with Crippen LogP contribution in [0.15, 0.2) is 6.07 Å². The molecule has 8 heteroatoms. The third kappa shape index (κ3) is 3.49. The zero-order valence-corrected chi connectivity index (χ0v) is 12.2. The third-order valence-electron chi connectivity index (χ3n) is 2.84. The predicted octanol–water partition coefficient (Wildman–Crippen LogP) is 0.940. The second-order valence-electron chi connectivity index (χ2n) is 4.18. The normalized spacial score (nSPS) is 18.8. The van der Waals surface area contributed by atoms with E-state index in [1.54, 1.807) is 20.0 Å². The highest BCUT2D eigenvalue weighted by Crippen LogP contribution is 2.20. The van der Waals surface area contributed by atoms with E-state index in [1.165, 1.54) is 0 Å². The van der Waals surface area contributed by atoms with Crippen molar-refractivity contribution in [1.29, 1.82) is 0 Å². The Morgan fingerprint density at radius 1 is 1.65 bits per heavy atom. The van der Waals surface area contributed by atoms with Gasteiger partial charge in [0.2, 0.25) is 5.95 Å². The van der Waals surface area contributed by atoms with E-state index >= 15 is 0 Å². The Morgan fingerprint density at radius 3 is 3.15 bits per heavy atom. The first-order valence-electron chi connectivity index (χ1n) is 6.39. The van der Waals surface area contributed by atoms with Crippen LogP contribution in [0, 0.1) is 0 Å². The van der Waals surface area contributed by atoms with Crippen molar-refractivity contribution in [2.45, 2.75) is 13.0 Å². The molecule has 2 rings (SSSR count). The fourth-order valence-corrected chi connectivity index (χ4v) is 2.09. The van der Waals surface area contributed by atoms with Gasteiger partial charge in [0.25, 0.3) is 0 Å². The number of carbonyl (C=O) groups is 1. The molecule has 0 radical (unpaired) electrons. The van der Waals surface area contributed by atoms with E-state index in [0.29, 0.717) is 43.2 Å². The molecule has 0 aromatic carbocycles. The Bertz CT molecular complexity index is 486. The van der Waals surface area contributed by atoms with Crippen molar-refractivity contribution in [2.75, 3.05) is 43.6 Å². The van der Waals surface area contributed by atoms with Crippen LogP contribution in [0.5, 0.6) is 0 Å². The standard InChI is InChI=1S/C12H17ClN4O3/c1-3-19-11(18)8-7-17(4-5-20-8)10-6-9(13)15-12(14-2)16-10/h6,8H,3-5,7H2,1-2H3,(H,14,15,16). The summed E-state index contributed by atoms with van der Waals surface area (Å²) in [7, 11) is 1.72. The van der Waals surface area contributed by atoms with Gasteiger partial charge >= 0.3 is 5.97 Å². The number of morpholine rings is 1. The zero-order valence-electron chi connectivity index (χ0n) is 11.4. The first-order valence-corrected chi connectivity index (χ1v) is 6.77. The summed E-state index contributed by atoms with van der Waals surface area (Å²) in [5.41, 5.74) is 0. The van der Waals surface area contributed by atoms with Gasteiger partial charge in [0.1, 0.15) is 11.0 Å². The molecule has 1 aliphatic heterocycles. The number of nitrogens with one attached hydrogen (secondary N) is 1.